The zero-order valence-electron chi connectivity index (χ0n) is 15.0. The van der Waals surface area contributed by atoms with Crippen molar-refractivity contribution >= 4 is 17.6 Å². The third-order valence-electron chi connectivity index (χ3n) is 3.91. The van der Waals surface area contributed by atoms with Gasteiger partial charge < -0.3 is 31.7 Å². The molecular weight excluding hydrogens is 383 g/mol. The summed E-state index contributed by atoms with van der Waals surface area (Å²) in [6.07, 6.45) is -5.96. The Morgan fingerprint density at radius 1 is 1.21 bits per heavy atom. The maximum Gasteiger partial charge on any atom is 0.421 e. The van der Waals surface area contributed by atoms with Crippen LogP contribution in [0.1, 0.15) is 37.9 Å². The molecule has 0 unspecified atom stereocenters. The van der Waals surface area contributed by atoms with Crippen molar-refractivity contribution in [1.29, 1.82) is 0 Å². The van der Waals surface area contributed by atoms with E-state index in [1.807, 2.05) is 0 Å². The summed E-state index contributed by atoms with van der Waals surface area (Å²) in [5, 5.41) is 37.5. The Hall–Kier alpha value is -2.48. The van der Waals surface area contributed by atoms with Crippen LogP contribution in [0.2, 0.25) is 0 Å². The van der Waals surface area contributed by atoms with Crippen molar-refractivity contribution in [3.8, 4) is 0 Å². The van der Waals surface area contributed by atoms with Crippen molar-refractivity contribution in [2.24, 2.45) is 5.73 Å². The summed E-state index contributed by atoms with van der Waals surface area (Å²) in [4.78, 5) is 7.46. The monoisotopic (exact) mass is 403 g/mol. The number of anilines is 3. The van der Waals surface area contributed by atoms with E-state index in [1.54, 1.807) is 13.8 Å². The minimum atomic E-state index is -4.65. The molecule has 0 amide bonds. The van der Waals surface area contributed by atoms with E-state index in [4.69, 9.17) is 5.73 Å². The average Bonchev–Trinajstić information content (AvgIpc) is 3.20. The van der Waals surface area contributed by atoms with Crippen LogP contribution in [0, 0.1) is 0 Å². The molecular formula is C15H20F3N7O3. The first-order chi connectivity index (χ1) is 12.7. The number of alkyl halides is 3. The molecule has 2 heterocycles. The molecule has 0 radical (unpaired) electrons. The maximum atomic E-state index is 13.2. The fourth-order valence-electron chi connectivity index (χ4n) is 2.31. The molecule has 7 N–H and O–H groups in total. The lowest BCUT2D eigenvalue weighted by Gasteiger charge is -2.18. The van der Waals surface area contributed by atoms with Crippen molar-refractivity contribution in [1.82, 2.24) is 19.7 Å². The minimum absolute atomic E-state index is 0.0982. The number of nitrogens with one attached hydrogen (secondary N) is 2. The van der Waals surface area contributed by atoms with Crippen molar-refractivity contribution in [2.75, 3.05) is 10.6 Å². The quantitative estimate of drug-likeness (QED) is 0.383. The average molecular weight is 403 g/mol. The highest BCUT2D eigenvalue weighted by Gasteiger charge is 2.37. The number of rotatable bonds is 6. The fourth-order valence-corrected chi connectivity index (χ4v) is 2.31. The Morgan fingerprint density at radius 2 is 1.86 bits per heavy atom. The fraction of sp³-hybridized carbons (Fsp3) is 0.533. The largest absolute Gasteiger partial charge is 0.421 e. The SMILES string of the molecule is CC(C)(N)c1cc(Nc2ncc(C(F)(F)F)c(NC3CC3)n2)n(C(O)(O)O)n1. The molecule has 0 saturated heterocycles. The predicted octanol–water partition coefficient (Wildman–Crippen LogP) is 0.748. The molecule has 1 fully saturated rings. The summed E-state index contributed by atoms with van der Waals surface area (Å²) < 4.78 is 39.9. The molecule has 1 aliphatic carbocycles. The third kappa shape index (κ3) is 4.49. The molecule has 28 heavy (non-hydrogen) atoms. The molecule has 1 saturated carbocycles. The number of halogens is 3. The lowest BCUT2D eigenvalue weighted by molar-refractivity contribution is -0.379. The van der Waals surface area contributed by atoms with Crippen LogP contribution in [-0.2, 0) is 17.8 Å². The van der Waals surface area contributed by atoms with Crippen molar-refractivity contribution < 1.29 is 28.5 Å². The van der Waals surface area contributed by atoms with E-state index >= 15 is 0 Å². The van der Waals surface area contributed by atoms with Crippen molar-refractivity contribution in [3.05, 3.63) is 23.5 Å². The summed E-state index contributed by atoms with van der Waals surface area (Å²) >= 11 is 0. The summed E-state index contributed by atoms with van der Waals surface area (Å²) in [5.74, 6) is -0.873. The summed E-state index contributed by atoms with van der Waals surface area (Å²) in [6.45, 7) is 3.17. The zero-order chi connectivity index (χ0) is 20.9. The van der Waals surface area contributed by atoms with Crippen molar-refractivity contribution in [3.63, 3.8) is 0 Å². The van der Waals surface area contributed by atoms with Gasteiger partial charge in [0.1, 0.15) is 17.2 Å². The number of aliphatic hydroxyl groups is 3. The van der Waals surface area contributed by atoms with Crippen LogP contribution in [0.4, 0.5) is 30.8 Å². The Bertz CT molecular complexity index is 867. The molecule has 2 aromatic rings. The van der Waals surface area contributed by atoms with Gasteiger partial charge in [-0.05, 0) is 26.7 Å². The van der Waals surface area contributed by atoms with Crippen LogP contribution in [0.15, 0.2) is 12.3 Å². The smallest absolute Gasteiger partial charge is 0.367 e. The molecule has 1 aliphatic rings. The molecule has 3 rings (SSSR count). The standard InChI is InChI=1S/C15H20F3N7O3/c1-13(2,19)9-5-10(25(24-9)15(26,27)28)22-12-20-6-8(14(16,17)18)11(23-12)21-7-3-4-7/h5-7,26-28H,3-4,19H2,1-2H3,(H2,20,21,22,23). The molecule has 2 aromatic heterocycles. The molecule has 154 valence electrons. The van der Waals surface area contributed by atoms with Gasteiger partial charge in [-0.15, -0.1) is 0 Å². The van der Waals surface area contributed by atoms with Gasteiger partial charge in [-0.1, -0.05) is 0 Å². The molecule has 0 bridgehead atoms. The number of hydrogen-bond donors (Lipinski definition) is 6. The van der Waals surface area contributed by atoms with Gasteiger partial charge in [0.25, 0.3) is 0 Å². The van der Waals surface area contributed by atoms with E-state index in [0.717, 1.165) is 12.8 Å². The molecule has 0 aromatic carbocycles. The van der Waals surface area contributed by atoms with Crippen LogP contribution < -0.4 is 16.4 Å². The Balaban J connectivity index is 1.98. The Kier molecular flexibility index (Phi) is 4.74. The lowest BCUT2D eigenvalue weighted by atomic mass is 10.0. The van der Waals surface area contributed by atoms with Crippen molar-refractivity contribution in [2.45, 2.75) is 50.5 Å². The van der Waals surface area contributed by atoms with Gasteiger partial charge in [-0.2, -0.15) is 27.9 Å². The minimum Gasteiger partial charge on any atom is -0.367 e. The second-order valence-electron chi connectivity index (χ2n) is 7.15. The van der Waals surface area contributed by atoms with E-state index in [2.05, 4.69) is 25.7 Å². The topological polar surface area (TPSA) is 154 Å². The lowest BCUT2D eigenvalue weighted by Crippen LogP contribution is -2.35. The van der Waals surface area contributed by atoms with Gasteiger partial charge >= 0.3 is 12.3 Å². The normalized spacial score (nSPS) is 15.6. The second-order valence-corrected chi connectivity index (χ2v) is 7.15. The Morgan fingerprint density at radius 3 is 2.36 bits per heavy atom. The first kappa shape index (κ1) is 20.3. The number of hydrogen-bond acceptors (Lipinski definition) is 9. The summed E-state index contributed by atoms with van der Waals surface area (Å²) in [6, 6.07) is 1.19. The molecule has 13 heteroatoms. The van der Waals surface area contributed by atoms with E-state index in [9.17, 15) is 28.5 Å². The van der Waals surface area contributed by atoms with Gasteiger partial charge in [0.15, 0.2) is 0 Å². The highest BCUT2D eigenvalue weighted by Crippen LogP contribution is 2.36. The van der Waals surface area contributed by atoms with Gasteiger partial charge in [0.05, 0.1) is 11.2 Å². The third-order valence-corrected chi connectivity index (χ3v) is 3.91. The van der Waals surface area contributed by atoms with Gasteiger partial charge in [0, 0.05) is 18.3 Å². The highest BCUT2D eigenvalue weighted by molar-refractivity contribution is 5.55. The van der Waals surface area contributed by atoms with E-state index in [-0.39, 0.29) is 23.5 Å². The maximum absolute atomic E-state index is 13.2. The molecule has 0 spiro atoms. The second kappa shape index (κ2) is 6.55. The number of nitrogens with two attached hydrogens (primary N) is 1. The van der Waals surface area contributed by atoms with E-state index in [1.165, 1.54) is 6.07 Å². The molecule has 0 atom stereocenters. The van der Waals surface area contributed by atoms with E-state index in [0.29, 0.717) is 10.9 Å². The van der Waals surface area contributed by atoms with Crippen LogP contribution >= 0.6 is 0 Å². The van der Waals surface area contributed by atoms with Crippen LogP contribution in [0.25, 0.3) is 0 Å². The first-order valence-electron chi connectivity index (χ1n) is 8.30. The molecule has 10 nitrogen and oxygen atoms in total. The number of nitrogens with zero attached hydrogens (tertiary/aromatic N) is 4. The Labute approximate surface area is 157 Å². The van der Waals surface area contributed by atoms with Gasteiger partial charge in [-0.25, -0.2) is 4.98 Å². The summed E-state index contributed by atoms with van der Waals surface area (Å²) in [5.41, 5.74) is 4.05. The van der Waals surface area contributed by atoms with Crippen LogP contribution in [-0.4, -0.2) is 41.1 Å². The zero-order valence-corrected chi connectivity index (χ0v) is 15.0. The van der Waals surface area contributed by atoms with E-state index < -0.39 is 29.2 Å². The molecule has 0 aliphatic heterocycles. The summed E-state index contributed by atoms with van der Waals surface area (Å²) in [7, 11) is 0. The van der Waals surface area contributed by atoms with Crippen LogP contribution in [0.3, 0.4) is 0 Å². The predicted molar refractivity (Wildman–Crippen MR) is 91.0 cm³/mol. The van der Waals surface area contributed by atoms with Crippen LogP contribution in [0.5, 0.6) is 0 Å². The highest BCUT2D eigenvalue weighted by atomic mass is 19.4. The van der Waals surface area contributed by atoms with Gasteiger partial charge in [-0.3, -0.25) is 0 Å². The van der Waals surface area contributed by atoms with Gasteiger partial charge in [0.2, 0.25) is 5.95 Å². The first-order valence-corrected chi connectivity index (χ1v) is 8.30. The number of aromatic nitrogens is 4.